The first kappa shape index (κ1) is 11.8. The maximum atomic E-state index is 11.2. The van der Waals surface area contributed by atoms with Crippen LogP contribution in [0.5, 0.6) is 0 Å². The molecule has 0 spiro atoms. The Balaban J connectivity index is 3.08. The average molecular weight is 219 g/mol. The monoisotopic (exact) mass is 219 g/mol. The highest BCUT2D eigenvalue weighted by molar-refractivity contribution is 5.47. The third-order valence-electron chi connectivity index (χ3n) is 2.00. The Kier molecular flexibility index (Phi) is 3.67. The Morgan fingerprint density at radius 1 is 1.38 bits per heavy atom. The zero-order valence-corrected chi connectivity index (χ0v) is 8.99. The molecule has 0 unspecified atom stereocenters. The smallest absolute Gasteiger partial charge is 0.103 e. The number of hydrazine groups is 1. The van der Waals surface area contributed by atoms with Gasteiger partial charge in [-0.3, -0.25) is 0 Å². The zero-order chi connectivity index (χ0) is 12.1. The van der Waals surface area contributed by atoms with Crippen molar-refractivity contribution in [3.63, 3.8) is 0 Å². The zero-order valence-electron chi connectivity index (χ0n) is 8.99. The predicted octanol–water partition coefficient (Wildman–Crippen LogP) is 2.15. The molecule has 84 valence electrons. The minimum Gasteiger partial charge on any atom is -0.737 e. The molecule has 0 atom stereocenters. The molecule has 0 aliphatic rings. The highest BCUT2D eigenvalue weighted by atomic mass is 16.6. The van der Waals surface area contributed by atoms with E-state index in [2.05, 4.69) is 5.28 Å². The van der Waals surface area contributed by atoms with Crippen molar-refractivity contribution in [1.29, 1.82) is 5.26 Å². The number of benzene rings is 1. The lowest BCUT2D eigenvalue weighted by molar-refractivity contribution is -0.543. The van der Waals surface area contributed by atoms with E-state index in [0.717, 1.165) is 0 Å². The summed E-state index contributed by atoms with van der Waals surface area (Å²) in [6.45, 7) is 3.52. The summed E-state index contributed by atoms with van der Waals surface area (Å²) in [5.41, 5.74) is 1.01. The van der Waals surface area contributed by atoms with Gasteiger partial charge in [-0.2, -0.15) is 5.26 Å². The largest absolute Gasteiger partial charge is 0.737 e. The molecular weight excluding hydrogens is 208 g/mol. The molecule has 1 aromatic carbocycles. The van der Waals surface area contributed by atoms with Crippen molar-refractivity contribution in [2.24, 2.45) is 5.28 Å². The van der Waals surface area contributed by atoms with Gasteiger partial charge in [0.05, 0.1) is 17.7 Å². The molecule has 0 saturated carbocycles. The number of rotatable bonds is 3. The van der Waals surface area contributed by atoms with E-state index in [-0.39, 0.29) is 11.0 Å². The molecule has 0 radical (unpaired) electrons. The number of anilines is 1. The normalized spacial score (nSPS) is 11.2. The molecule has 0 aliphatic heterocycles. The van der Waals surface area contributed by atoms with Crippen LogP contribution in [0.1, 0.15) is 19.4 Å². The number of nitriles is 1. The van der Waals surface area contributed by atoms with Crippen LogP contribution in [0.2, 0.25) is 0 Å². The maximum absolute atomic E-state index is 11.2. The van der Waals surface area contributed by atoms with Gasteiger partial charge in [-0.1, -0.05) is 0 Å². The number of hydrogen-bond donors (Lipinski definition) is 0. The third-order valence-corrected chi connectivity index (χ3v) is 2.00. The van der Waals surface area contributed by atoms with Crippen LogP contribution in [0.25, 0.3) is 0 Å². The summed E-state index contributed by atoms with van der Waals surface area (Å²) in [5, 5.41) is 33.6. The molecule has 0 aliphatic carbocycles. The van der Waals surface area contributed by atoms with E-state index in [1.54, 1.807) is 38.1 Å². The molecule has 0 N–H and O–H groups in total. The molecule has 0 bridgehead atoms. The first-order valence-corrected chi connectivity index (χ1v) is 4.70. The van der Waals surface area contributed by atoms with E-state index in [9.17, 15) is 10.4 Å². The highest BCUT2D eigenvalue weighted by Gasteiger charge is 2.18. The molecule has 6 nitrogen and oxygen atoms in total. The van der Waals surface area contributed by atoms with Crippen LogP contribution in [0.3, 0.4) is 0 Å². The lowest BCUT2D eigenvalue weighted by Crippen LogP contribution is -2.36. The molecule has 0 amide bonds. The van der Waals surface area contributed by atoms with Crippen LogP contribution < -0.4 is 5.01 Å². The Morgan fingerprint density at radius 3 is 2.31 bits per heavy atom. The van der Waals surface area contributed by atoms with Gasteiger partial charge in [0.1, 0.15) is 5.69 Å². The summed E-state index contributed by atoms with van der Waals surface area (Å²) in [6, 6.07) is 8.09. The van der Waals surface area contributed by atoms with Gasteiger partial charge in [0.2, 0.25) is 0 Å². The molecule has 0 heterocycles. The fraction of sp³-hybridized carbons (Fsp3) is 0.300. The third kappa shape index (κ3) is 2.39. The average Bonchev–Trinajstić information content (AvgIpc) is 2.29. The molecule has 0 saturated heterocycles. The van der Waals surface area contributed by atoms with Gasteiger partial charge in [0.25, 0.3) is 0 Å². The molecule has 6 heteroatoms. The number of nitrogens with zero attached hydrogens (tertiary/aromatic N) is 4. The Labute approximate surface area is 93.2 Å². The SMILES string of the molecule is CC(C)N(c1ccc(C#N)cc1)/[N+]([O-])=N/[O-]. The first-order valence-electron chi connectivity index (χ1n) is 4.70. The van der Waals surface area contributed by atoms with Crippen molar-refractivity contribution in [3.05, 3.63) is 40.2 Å². The first-order chi connectivity index (χ1) is 7.60. The van der Waals surface area contributed by atoms with Crippen LogP contribution >= 0.6 is 0 Å². The van der Waals surface area contributed by atoms with Gasteiger partial charge in [0.15, 0.2) is 0 Å². The van der Waals surface area contributed by atoms with Gasteiger partial charge in [-0.25, -0.2) is 0 Å². The second kappa shape index (κ2) is 4.98. The highest BCUT2D eigenvalue weighted by Crippen LogP contribution is 2.18. The molecule has 0 fully saturated rings. The second-order valence-electron chi connectivity index (χ2n) is 3.43. The van der Waals surface area contributed by atoms with Crippen molar-refractivity contribution < 1.29 is 4.97 Å². The summed E-state index contributed by atoms with van der Waals surface area (Å²) in [6.07, 6.45) is 0. The number of hydrogen-bond acceptors (Lipinski definition) is 4. The second-order valence-corrected chi connectivity index (χ2v) is 3.43. The van der Waals surface area contributed by atoms with E-state index in [0.29, 0.717) is 11.3 Å². The standard InChI is InChI=1S/C10H12N4O2/c1-8(2)13(14(16)12-15)10-5-3-9(7-11)4-6-10/h3-6,8,15H,1-2H3/p-1/b14-12-. The van der Waals surface area contributed by atoms with E-state index < -0.39 is 0 Å². The van der Waals surface area contributed by atoms with Crippen LogP contribution in [0.4, 0.5) is 5.69 Å². The van der Waals surface area contributed by atoms with Crippen molar-refractivity contribution in [3.8, 4) is 6.07 Å². The van der Waals surface area contributed by atoms with Gasteiger partial charge < -0.3 is 10.4 Å². The summed E-state index contributed by atoms with van der Waals surface area (Å²) in [7, 11) is 0. The minimum absolute atomic E-state index is 0.00789. The van der Waals surface area contributed by atoms with E-state index >= 15 is 0 Å². The fourth-order valence-corrected chi connectivity index (χ4v) is 1.32. The lowest BCUT2D eigenvalue weighted by atomic mass is 10.2. The van der Waals surface area contributed by atoms with Crippen molar-refractivity contribution in [1.82, 2.24) is 0 Å². The van der Waals surface area contributed by atoms with E-state index in [1.165, 1.54) is 5.01 Å². The Hall–Kier alpha value is -2.29. The molecule has 16 heavy (non-hydrogen) atoms. The van der Waals surface area contributed by atoms with E-state index in [1.807, 2.05) is 6.07 Å². The van der Waals surface area contributed by atoms with E-state index in [4.69, 9.17) is 5.26 Å². The Bertz CT molecular complexity index is 419. The summed E-state index contributed by atoms with van der Waals surface area (Å²) >= 11 is 0. The lowest BCUT2D eigenvalue weighted by Gasteiger charge is -2.22. The van der Waals surface area contributed by atoms with Crippen molar-refractivity contribution >= 4 is 5.69 Å². The van der Waals surface area contributed by atoms with Crippen molar-refractivity contribution in [2.75, 3.05) is 5.01 Å². The summed E-state index contributed by atoms with van der Waals surface area (Å²) in [5.74, 6) is 0. The van der Waals surface area contributed by atoms with Gasteiger partial charge in [-0.05, 0) is 43.4 Å². The van der Waals surface area contributed by atoms with Gasteiger partial charge in [-0.15, -0.1) is 5.01 Å². The maximum Gasteiger partial charge on any atom is 0.103 e. The van der Waals surface area contributed by atoms with Gasteiger partial charge >= 0.3 is 0 Å². The fourth-order valence-electron chi connectivity index (χ4n) is 1.32. The minimum atomic E-state index is -0.205. The van der Waals surface area contributed by atoms with Crippen molar-refractivity contribution in [2.45, 2.75) is 19.9 Å². The molecular formula is C10H11N4O2-. The predicted molar refractivity (Wildman–Crippen MR) is 58.2 cm³/mol. The Morgan fingerprint density at radius 2 is 1.94 bits per heavy atom. The topological polar surface area (TPSA) is 88.5 Å². The molecule has 1 aromatic rings. The van der Waals surface area contributed by atoms with Crippen LogP contribution in [-0.2, 0) is 0 Å². The molecule has 0 aromatic heterocycles. The quantitative estimate of drug-likeness (QED) is 0.442. The van der Waals surface area contributed by atoms with Crippen LogP contribution in [0.15, 0.2) is 29.5 Å². The van der Waals surface area contributed by atoms with Crippen LogP contribution in [0, 0.1) is 21.7 Å². The summed E-state index contributed by atoms with van der Waals surface area (Å²) in [4.78, 5) is -0.00789. The van der Waals surface area contributed by atoms with Gasteiger partial charge in [0, 0.05) is 4.97 Å². The molecule has 1 rings (SSSR count). The summed E-state index contributed by atoms with van der Waals surface area (Å²) < 4.78 is 0. The van der Waals surface area contributed by atoms with Crippen LogP contribution in [-0.4, -0.2) is 11.0 Å².